The molecule has 1 N–H and O–H groups in total. The molecule has 0 unspecified atom stereocenters. The van der Waals surface area contributed by atoms with E-state index in [1.165, 1.54) is 18.5 Å². The van der Waals surface area contributed by atoms with Gasteiger partial charge in [-0.25, -0.2) is 0 Å². The van der Waals surface area contributed by atoms with Gasteiger partial charge in [-0.1, -0.05) is 12.2 Å². The molecule has 0 aliphatic heterocycles. The Morgan fingerprint density at radius 1 is 1.56 bits per heavy atom. The highest BCUT2D eigenvalue weighted by Crippen LogP contribution is 2.05. The molecule has 1 rings (SSSR count). The summed E-state index contributed by atoms with van der Waals surface area (Å²) in [5.74, 6) is 0. The molecule has 1 heteroatoms. The molecule has 0 aromatic rings. The van der Waals surface area contributed by atoms with Crippen molar-refractivity contribution in [2.45, 2.75) is 19.8 Å². The molecule has 0 heterocycles. The number of rotatable bonds is 2. The van der Waals surface area contributed by atoms with Crippen LogP contribution in [0.25, 0.3) is 0 Å². The summed E-state index contributed by atoms with van der Waals surface area (Å²) in [6.45, 7) is 3.14. The van der Waals surface area contributed by atoms with Crippen LogP contribution in [0.3, 0.4) is 0 Å². The zero-order valence-corrected chi connectivity index (χ0v) is 5.85. The lowest BCUT2D eigenvalue weighted by molar-refractivity contribution is 0.850. The van der Waals surface area contributed by atoms with E-state index in [1.807, 2.05) is 0 Å². The van der Waals surface area contributed by atoms with Gasteiger partial charge in [0.15, 0.2) is 0 Å². The van der Waals surface area contributed by atoms with Gasteiger partial charge in [0.25, 0.3) is 0 Å². The molecule has 0 aromatic heterocycles. The molecule has 0 atom stereocenters. The van der Waals surface area contributed by atoms with E-state index in [-0.39, 0.29) is 0 Å². The third-order valence-electron chi connectivity index (χ3n) is 1.38. The van der Waals surface area contributed by atoms with Gasteiger partial charge in [-0.2, -0.15) is 0 Å². The Hall–Kier alpha value is -0.720. The van der Waals surface area contributed by atoms with Crippen molar-refractivity contribution in [3.8, 4) is 0 Å². The molecule has 1 aliphatic rings. The lowest BCUT2D eigenvalue weighted by atomic mass is 10.1. The van der Waals surface area contributed by atoms with Crippen LogP contribution in [0.2, 0.25) is 0 Å². The van der Waals surface area contributed by atoms with Crippen LogP contribution in [0.5, 0.6) is 0 Å². The first-order valence-corrected chi connectivity index (χ1v) is 3.54. The first kappa shape index (κ1) is 6.40. The van der Waals surface area contributed by atoms with E-state index in [1.54, 1.807) is 0 Å². The summed E-state index contributed by atoms with van der Waals surface area (Å²) in [5.41, 5.74) is 1.28. The highest BCUT2D eigenvalue weighted by atomic mass is 14.9. The van der Waals surface area contributed by atoms with Gasteiger partial charge in [-0.05, 0) is 25.8 Å². The minimum absolute atomic E-state index is 1.02. The highest BCUT2D eigenvalue weighted by molar-refractivity contribution is 5.19. The number of likely N-dealkylation sites (N-methyl/N-ethyl adjacent to an activating group) is 1. The second-order valence-corrected chi connectivity index (χ2v) is 2.17. The second-order valence-electron chi connectivity index (χ2n) is 2.17. The Kier molecular flexibility index (Phi) is 2.37. The van der Waals surface area contributed by atoms with E-state index < -0.39 is 0 Å². The van der Waals surface area contributed by atoms with E-state index in [9.17, 15) is 0 Å². The molecule has 0 saturated carbocycles. The average molecular weight is 123 g/mol. The van der Waals surface area contributed by atoms with E-state index in [0.717, 1.165) is 6.54 Å². The summed E-state index contributed by atoms with van der Waals surface area (Å²) >= 11 is 0. The maximum atomic E-state index is 3.26. The van der Waals surface area contributed by atoms with Gasteiger partial charge in [-0.15, -0.1) is 0 Å². The SMILES string of the molecule is CCNC1=CCCC=C1. The van der Waals surface area contributed by atoms with E-state index in [2.05, 4.69) is 30.5 Å². The average Bonchev–Trinajstić information content (AvgIpc) is 1.91. The summed E-state index contributed by atoms with van der Waals surface area (Å²) < 4.78 is 0. The fraction of sp³-hybridized carbons (Fsp3) is 0.500. The zero-order chi connectivity index (χ0) is 6.53. The molecule has 0 fully saturated rings. The Morgan fingerprint density at radius 2 is 2.44 bits per heavy atom. The van der Waals surface area contributed by atoms with E-state index in [4.69, 9.17) is 0 Å². The summed E-state index contributed by atoms with van der Waals surface area (Å²) in [4.78, 5) is 0. The van der Waals surface area contributed by atoms with Gasteiger partial charge in [-0.3, -0.25) is 0 Å². The van der Waals surface area contributed by atoms with Gasteiger partial charge in [0.1, 0.15) is 0 Å². The molecule has 0 bridgehead atoms. The van der Waals surface area contributed by atoms with Crippen LogP contribution >= 0.6 is 0 Å². The predicted molar refractivity (Wildman–Crippen MR) is 40.1 cm³/mol. The highest BCUT2D eigenvalue weighted by Gasteiger charge is 1.92. The second kappa shape index (κ2) is 3.33. The molecule has 1 nitrogen and oxygen atoms in total. The van der Waals surface area contributed by atoms with Crippen molar-refractivity contribution < 1.29 is 0 Å². The smallest absolute Gasteiger partial charge is 0.0296 e. The largest absolute Gasteiger partial charge is 0.386 e. The molecule has 0 amide bonds. The number of allylic oxidation sites excluding steroid dienone is 3. The number of hydrogen-bond donors (Lipinski definition) is 1. The van der Waals surface area contributed by atoms with Crippen LogP contribution in [-0.4, -0.2) is 6.54 Å². The quantitative estimate of drug-likeness (QED) is 0.590. The number of nitrogens with one attached hydrogen (secondary N) is 1. The Balaban J connectivity index is 2.38. The molecule has 1 aliphatic carbocycles. The van der Waals surface area contributed by atoms with Crippen LogP contribution < -0.4 is 5.32 Å². The van der Waals surface area contributed by atoms with Crippen LogP contribution in [0.4, 0.5) is 0 Å². The van der Waals surface area contributed by atoms with Crippen LogP contribution in [0, 0.1) is 0 Å². The molecular formula is C8H13N. The molecule has 0 radical (unpaired) electrons. The van der Waals surface area contributed by atoms with Crippen molar-refractivity contribution in [3.63, 3.8) is 0 Å². The van der Waals surface area contributed by atoms with Crippen LogP contribution in [0.1, 0.15) is 19.8 Å². The first-order valence-electron chi connectivity index (χ1n) is 3.54. The maximum Gasteiger partial charge on any atom is 0.0296 e. The third kappa shape index (κ3) is 1.92. The zero-order valence-electron chi connectivity index (χ0n) is 5.85. The monoisotopic (exact) mass is 123 g/mol. The van der Waals surface area contributed by atoms with Crippen molar-refractivity contribution in [2.75, 3.05) is 6.54 Å². The lowest BCUT2D eigenvalue weighted by Crippen LogP contribution is -2.11. The van der Waals surface area contributed by atoms with Gasteiger partial charge in [0.2, 0.25) is 0 Å². The standard InChI is InChI=1S/C8H13N/c1-2-9-8-6-4-3-5-7-8/h4,6-7,9H,2-3,5H2,1H3. The fourth-order valence-electron chi connectivity index (χ4n) is 0.949. The normalized spacial score (nSPS) is 17.2. The van der Waals surface area contributed by atoms with Gasteiger partial charge in [0.05, 0.1) is 0 Å². The van der Waals surface area contributed by atoms with Gasteiger partial charge >= 0.3 is 0 Å². The molecule has 0 spiro atoms. The van der Waals surface area contributed by atoms with Crippen molar-refractivity contribution in [3.05, 3.63) is 23.9 Å². The summed E-state index contributed by atoms with van der Waals surface area (Å²) in [6, 6.07) is 0. The van der Waals surface area contributed by atoms with Gasteiger partial charge < -0.3 is 5.32 Å². The topological polar surface area (TPSA) is 12.0 Å². The van der Waals surface area contributed by atoms with Gasteiger partial charge in [0, 0.05) is 12.2 Å². The third-order valence-corrected chi connectivity index (χ3v) is 1.38. The van der Waals surface area contributed by atoms with Crippen molar-refractivity contribution in [1.29, 1.82) is 0 Å². The minimum atomic E-state index is 1.02. The summed E-state index contributed by atoms with van der Waals surface area (Å²) in [5, 5.41) is 3.26. The molecule has 50 valence electrons. The molecular weight excluding hydrogens is 110 g/mol. The Morgan fingerprint density at radius 3 is 3.00 bits per heavy atom. The number of hydrogen-bond acceptors (Lipinski definition) is 1. The van der Waals surface area contributed by atoms with Crippen molar-refractivity contribution >= 4 is 0 Å². The minimum Gasteiger partial charge on any atom is -0.386 e. The van der Waals surface area contributed by atoms with E-state index in [0.29, 0.717) is 0 Å². The van der Waals surface area contributed by atoms with Crippen LogP contribution in [0.15, 0.2) is 23.9 Å². The predicted octanol–water partition coefficient (Wildman–Crippen LogP) is 1.83. The van der Waals surface area contributed by atoms with E-state index >= 15 is 0 Å². The molecule has 9 heavy (non-hydrogen) atoms. The first-order chi connectivity index (χ1) is 4.43. The maximum absolute atomic E-state index is 3.26. The van der Waals surface area contributed by atoms with Crippen molar-refractivity contribution in [1.82, 2.24) is 5.32 Å². The Labute approximate surface area is 56.5 Å². The lowest BCUT2D eigenvalue weighted by Gasteiger charge is -2.06. The summed E-state index contributed by atoms with van der Waals surface area (Å²) in [7, 11) is 0. The molecule has 0 aromatic carbocycles. The fourth-order valence-corrected chi connectivity index (χ4v) is 0.949. The summed E-state index contributed by atoms with van der Waals surface area (Å²) in [6.07, 6.45) is 8.99. The Bertz CT molecular complexity index is 134. The van der Waals surface area contributed by atoms with Crippen molar-refractivity contribution in [2.24, 2.45) is 0 Å². The van der Waals surface area contributed by atoms with Crippen LogP contribution in [-0.2, 0) is 0 Å². The molecule has 0 saturated heterocycles.